The molecule has 2 bridgehead atoms. The predicted molar refractivity (Wildman–Crippen MR) is 76.3 cm³/mol. The number of amides is 1. The molecule has 2 heterocycles. The van der Waals surface area contributed by atoms with Gasteiger partial charge < -0.3 is 10.5 Å². The second-order valence-electron chi connectivity index (χ2n) is 6.43. The van der Waals surface area contributed by atoms with Crippen LogP contribution in [0.2, 0.25) is 0 Å². The summed E-state index contributed by atoms with van der Waals surface area (Å²) >= 11 is 0. The van der Waals surface area contributed by atoms with Crippen molar-refractivity contribution in [1.29, 1.82) is 0 Å². The highest BCUT2D eigenvalue weighted by molar-refractivity contribution is 5.68. The topological polar surface area (TPSA) is 96.3 Å². The molecule has 7 nitrogen and oxygen atoms in total. The molecule has 21 heavy (non-hydrogen) atoms. The van der Waals surface area contributed by atoms with Gasteiger partial charge in [-0.25, -0.2) is 15.2 Å². The molecular weight excluding hydrogens is 270 g/mol. The van der Waals surface area contributed by atoms with Crippen LogP contribution in [-0.2, 0) is 4.74 Å². The van der Waals surface area contributed by atoms with E-state index < -0.39 is 0 Å². The van der Waals surface area contributed by atoms with Gasteiger partial charge in [-0.1, -0.05) is 0 Å². The molecule has 2 saturated carbocycles. The molecule has 4 rings (SSSR count). The molecule has 114 valence electrons. The van der Waals surface area contributed by atoms with Crippen molar-refractivity contribution in [3.05, 3.63) is 11.8 Å². The number of nitrogen functional groups attached to an aromatic ring is 1. The fourth-order valence-corrected chi connectivity index (χ4v) is 3.90. The van der Waals surface area contributed by atoms with E-state index in [2.05, 4.69) is 15.6 Å². The van der Waals surface area contributed by atoms with Gasteiger partial charge in [0.15, 0.2) is 0 Å². The molecule has 3 fully saturated rings. The van der Waals surface area contributed by atoms with Gasteiger partial charge in [-0.3, -0.25) is 5.10 Å². The highest BCUT2D eigenvalue weighted by atomic mass is 16.6. The van der Waals surface area contributed by atoms with Gasteiger partial charge in [0.2, 0.25) is 0 Å². The predicted octanol–water partition coefficient (Wildman–Crippen LogP) is 1.51. The number of hydrazine groups is 1. The van der Waals surface area contributed by atoms with Crippen LogP contribution in [0.25, 0.3) is 0 Å². The Hall–Kier alpha value is -1.76. The van der Waals surface area contributed by atoms with Crippen molar-refractivity contribution in [3.63, 3.8) is 0 Å². The number of nitrogens with zero attached hydrogens (tertiary/aromatic N) is 2. The van der Waals surface area contributed by atoms with Crippen molar-refractivity contribution < 1.29 is 9.53 Å². The second kappa shape index (κ2) is 4.91. The SMILES string of the molecule is Nc1cc(C2CC[C@@H](OC(=O)N3NC4CCC3C4)C2)[nH]n1. The minimum atomic E-state index is -0.211. The molecular formula is C14H21N5O2. The Balaban J connectivity index is 1.33. The zero-order chi connectivity index (χ0) is 14.4. The molecule has 1 aliphatic heterocycles. The number of fused-ring (bicyclic) bond motifs is 2. The minimum absolute atomic E-state index is 0.00653. The van der Waals surface area contributed by atoms with Gasteiger partial charge in [0.05, 0.1) is 6.04 Å². The van der Waals surface area contributed by atoms with E-state index in [0.29, 0.717) is 23.8 Å². The average Bonchev–Trinajstić information content (AvgIpc) is 3.21. The number of carbonyl (C=O) groups is 1. The van der Waals surface area contributed by atoms with Gasteiger partial charge in [0.1, 0.15) is 11.9 Å². The van der Waals surface area contributed by atoms with Crippen LogP contribution in [0, 0.1) is 0 Å². The maximum absolute atomic E-state index is 12.2. The van der Waals surface area contributed by atoms with E-state index in [1.807, 2.05) is 6.07 Å². The fourth-order valence-electron chi connectivity index (χ4n) is 3.90. The molecule has 0 radical (unpaired) electrons. The molecule has 3 unspecified atom stereocenters. The van der Waals surface area contributed by atoms with E-state index in [1.165, 1.54) is 6.42 Å². The Kier molecular flexibility index (Phi) is 3.02. The van der Waals surface area contributed by atoms with Gasteiger partial charge in [0, 0.05) is 23.7 Å². The maximum Gasteiger partial charge on any atom is 0.424 e. The number of carbonyl (C=O) groups excluding carboxylic acids is 1. The quantitative estimate of drug-likeness (QED) is 0.767. The summed E-state index contributed by atoms with van der Waals surface area (Å²) in [5.74, 6) is 0.873. The number of anilines is 1. The lowest BCUT2D eigenvalue weighted by molar-refractivity contribution is 0.0395. The van der Waals surface area contributed by atoms with E-state index in [4.69, 9.17) is 10.5 Å². The van der Waals surface area contributed by atoms with E-state index in [1.54, 1.807) is 5.01 Å². The monoisotopic (exact) mass is 291 g/mol. The first-order valence-electron chi connectivity index (χ1n) is 7.76. The van der Waals surface area contributed by atoms with Gasteiger partial charge in [0.25, 0.3) is 0 Å². The summed E-state index contributed by atoms with van der Waals surface area (Å²) in [6.45, 7) is 0. The van der Waals surface area contributed by atoms with Crippen molar-refractivity contribution in [2.24, 2.45) is 0 Å². The molecule has 1 saturated heterocycles. The summed E-state index contributed by atoms with van der Waals surface area (Å²) in [6.07, 6.45) is 5.85. The minimum Gasteiger partial charge on any atom is -0.445 e. The Morgan fingerprint density at radius 3 is 2.90 bits per heavy atom. The molecule has 0 aromatic carbocycles. The molecule has 7 heteroatoms. The number of rotatable bonds is 2. The zero-order valence-corrected chi connectivity index (χ0v) is 11.9. The van der Waals surface area contributed by atoms with Crippen LogP contribution >= 0.6 is 0 Å². The van der Waals surface area contributed by atoms with Crippen molar-refractivity contribution in [1.82, 2.24) is 20.6 Å². The van der Waals surface area contributed by atoms with Crippen LogP contribution in [0.1, 0.15) is 50.1 Å². The number of nitrogens with one attached hydrogen (secondary N) is 2. The van der Waals surface area contributed by atoms with Crippen molar-refractivity contribution in [2.75, 3.05) is 5.73 Å². The second-order valence-corrected chi connectivity index (χ2v) is 6.43. The number of ether oxygens (including phenoxy) is 1. The van der Waals surface area contributed by atoms with E-state index in [-0.39, 0.29) is 12.2 Å². The number of aromatic amines is 1. The Morgan fingerprint density at radius 1 is 1.33 bits per heavy atom. The number of nitrogens with two attached hydrogens (primary N) is 1. The summed E-state index contributed by atoms with van der Waals surface area (Å²) in [7, 11) is 0. The lowest BCUT2D eigenvalue weighted by atomic mass is 10.0. The van der Waals surface area contributed by atoms with Gasteiger partial charge in [-0.05, 0) is 38.5 Å². The van der Waals surface area contributed by atoms with Crippen molar-refractivity contribution in [3.8, 4) is 0 Å². The largest absolute Gasteiger partial charge is 0.445 e. The normalized spacial score (nSPS) is 34.6. The summed E-state index contributed by atoms with van der Waals surface area (Å²) in [5, 5.41) is 8.63. The Labute approximate surface area is 123 Å². The summed E-state index contributed by atoms with van der Waals surface area (Å²) < 4.78 is 5.67. The highest BCUT2D eigenvalue weighted by Gasteiger charge is 2.42. The van der Waals surface area contributed by atoms with Crippen LogP contribution in [-0.4, -0.2) is 39.5 Å². The van der Waals surface area contributed by atoms with Gasteiger partial charge >= 0.3 is 6.09 Å². The first kappa shape index (κ1) is 12.9. The smallest absolute Gasteiger partial charge is 0.424 e. The highest BCUT2D eigenvalue weighted by Crippen LogP contribution is 2.36. The Morgan fingerprint density at radius 2 is 2.24 bits per heavy atom. The third kappa shape index (κ3) is 2.35. The first-order chi connectivity index (χ1) is 10.2. The van der Waals surface area contributed by atoms with Crippen molar-refractivity contribution in [2.45, 2.75) is 62.6 Å². The van der Waals surface area contributed by atoms with E-state index >= 15 is 0 Å². The standard InChI is InChI=1S/C14H21N5O2/c15-13-7-12(16-17-13)8-1-4-11(5-8)21-14(20)19-10-3-2-9(6-10)18-19/h7-11,18H,1-6H2,(H3,15,16,17)/t8?,9?,10?,11-/m1/s1. The Bertz CT molecular complexity index is 545. The lowest BCUT2D eigenvalue weighted by Gasteiger charge is -2.28. The van der Waals surface area contributed by atoms with E-state index in [9.17, 15) is 4.79 Å². The van der Waals surface area contributed by atoms with Crippen LogP contribution in [0.3, 0.4) is 0 Å². The van der Waals surface area contributed by atoms with Gasteiger partial charge in [-0.2, -0.15) is 5.10 Å². The number of H-pyrrole nitrogens is 1. The van der Waals surface area contributed by atoms with E-state index in [0.717, 1.165) is 37.8 Å². The lowest BCUT2D eigenvalue weighted by Crippen LogP contribution is -2.48. The van der Waals surface area contributed by atoms with Gasteiger partial charge in [-0.15, -0.1) is 0 Å². The molecule has 2 aliphatic carbocycles. The fraction of sp³-hybridized carbons (Fsp3) is 0.714. The molecule has 3 aliphatic rings. The zero-order valence-electron chi connectivity index (χ0n) is 11.9. The molecule has 1 aromatic heterocycles. The van der Waals surface area contributed by atoms with Crippen LogP contribution in [0.15, 0.2) is 6.07 Å². The van der Waals surface area contributed by atoms with Crippen LogP contribution in [0.4, 0.5) is 10.6 Å². The number of hydrogen-bond donors (Lipinski definition) is 3. The maximum atomic E-state index is 12.2. The number of aromatic nitrogens is 2. The van der Waals surface area contributed by atoms with Crippen LogP contribution in [0.5, 0.6) is 0 Å². The molecule has 4 atom stereocenters. The summed E-state index contributed by atoms with van der Waals surface area (Å²) in [4.78, 5) is 12.2. The molecule has 0 spiro atoms. The molecule has 1 aromatic rings. The summed E-state index contributed by atoms with van der Waals surface area (Å²) in [6, 6.07) is 2.66. The molecule has 4 N–H and O–H groups in total. The van der Waals surface area contributed by atoms with Crippen molar-refractivity contribution >= 4 is 11.9 Å². The molecule has 1 amide bonds. The summed E-state index contributed by atoms with van der Waals surface area (Å²) in [5.41, 5.74) is 9.92. The third-order valence-corrected chi connectivity index (χ3v) is 5.00. The first-order valence-corrected chi connectivity index (χ1v) is 7.76. The third-order valence-electron chi connectivity index (χ3n) is 5.00. The van der Waals surface area contributed by atoms with Crippen LogP contribution < -0.4 is 11.2 Å². The number of hydrogen-bond acceptors (Lipinski definition) is 5. The average molecular weight is 291 g/mol.